The zero-order valence-corrected chi connectivity index (χ0v) is 16.2. The molecule has 0 aromatic carbocycles. The Morgan fingerprint density at radius 1 is 1.15 bits per heavy atom. The van der Waals surface area contributed by atoms with Gasteiger partial charge in [-0.25, -0.2) is 4.79 Å². The van der Waals surface area contributed by atoms with E-state index in [1.807, 2.05) is 11.8 Å². The molecule has 0 aromatic rings. The second kappa shape index (κ2) is 12.4. The molecule has 5 N–H and O–H groups in total. The molecule has 0 bridgehead atoms. The maximum Gasteiger partial charge on any atom is 0.315 e. The Bertz CT molecular complexity index is 441. The first kappa shape index (κ1) is 21.3. The summed E-state index contributed by atoms with van der Waals surface area (Å²) >= 11 is 1.92. The fraction of sp³-hybridized carbons (Fsp3) is 0.882. The van der Waals surface area contributed by atoms with E-state index < -0.39 is 0 Å². The zero-order chi connectivity index (χ0) is 18.6. The largest absolute Gasteiger partial charge is 0.379 e. The number of hydrogen-bond acceptors (Lipinski definition) is 6. The highest BCUT2D eigenvalue weighted by Gasteiger charge is 2.42. The maximum absolute atomic E-state index is 11.8. The van der Waals surface area contributed by atoms with Crippen molar-refractivity contribution >= 4 is 23.7 Å². The van der Waals surface area contributed by atoms with E-state index >= 15 is 0 Å². The van der Waals surface area contributed by atoms with Crippen molar-refractivity contribution in [1.82, 2.24) is 16.0 Å². The Labute approximate surface area is 159 Å². The first-order valence-corrected chi connectivity index (χ1v) is 10.6. The molecule has 26 heavy (non-hydrogen) atoms. The van der Waals surface area contributed by atoms with Crippen molar-refractivity contribution in [2.24, 2.45) is 5.73 Å². The normalized spacial score (nSPS) is 24.2. The lowest BCUT2D eigenvalue weighted by Crippen LogP contribution is -2.36. The van der Waals surface area contributed by atoms with E-state index in [0.29, 0.717) is 51.2 Å². The van der Waals surface area contributed by atoms with Crippen LogP contribution in [0.5, 0.6) is 0 Å². The van der Waals surface area contributed by atoms with Gasteiger partial charge in [0.15, 0.2) is 0 Å². The van der Waals surface area contributed by atoms with Crippen LogP contribution in [0.25, 0.3) is 0 Å². The molecule has 3 unspecified atom stereocenters. The summed E-state index contributed by atoms with van der Waals surface area (Å²) in [4.78, 5) is 23.2. The molecule has 2 aliphatic heterocycles. The van der Waals surface area contributed by atoms with Crippen LogP contribution in [-0.4, -0.2) is 74.5 Å². The summed E-state index contributed by atoms with van der Waals surface area (Å²) in [7, 11) is 0. The fourth-order valence-electron chi connectivity index (χ4n) is 3.17. The predicted octanol–water partition coefficient (Wildman–Crippen LogP) is 0.210. The number of rotatable bonds is 14. The highest BCUT2D eigenvalue weighted by atomic mass is 32.2. The number of hydrogen-bond donors (Lipinski definition) is 4. The molecule has 150 valence electrons. The molecule has 2 heterocycles. The van der Waals surface area contributed by atoms with Gasteiger partial charge in [0.2, 0.25) is 5.91 Å². The molecule has 9 heteroatoms. The molecule has 2 rings (SSSR count). The van der Waals surface area contributed by atoms with Crippen LogP contribution in [0.3, 0.4) is 0 Å². The number of nitrogens with one attached hydrogen (secondary N) is 3. The number of ether oxygens (including phenoxy) is 2. The SMILES string of the molecule is NCCOCCOCCCNC(=O)CCCCC1SCC2NC(=O)NC21. The Kier molecular flexibility index (Phi) is 10.1. The second-order valence-corrected chi connectivity index (χ2v) is 7.86. The van der Waals surface area contributed by atoms with Crippen LogP contribution >= 0.6 is 11.8 Å². The Morgan fingerprint density at radius 2 is 1.96 bits per heavy atom. The van der Waals surface area contributed by atoms with E-state index in [1.54, 1.807) is 0 Å². The summed E-state index contributed by atoms with van der Waals surface area (Å²) in [5.74, 6) is 1.08. The van der Waals surface area contributed by atoms with Gasteiger partial charge < -0.3 is 31.2 Å². The smallest absolute Gasteiger partial charge is 0.315 e. The van der Waals surface area contributed by atoms with Crippen LogP contribution < -0.4 is 21.7 Å². The predicted molar refractivity (Wildman–Crippen MR) is 102 cm³/mol. The Balaban J connectivity index is 1.38. The van der Waals surface area contributed by atoms with Crippen LogP contribution in [0, 0.1) is 0 Å². The van der Waals surface area contributed by atoms with Crippen molar-refractivity contribution < 1.29 is 19.1 Å². The van der Waals surface area contributed by atoms with Crippen LogP contribution in [0.15, 0.2) is 0 Å². The number of fused-ring (bicyclic) bond motifs is 1. The maximum atomic E-state index is 11.8. The molecule has 2 aliphatic rings. The first-order valence-electron chi connectivity index (χ1n) is 9.51. The highest BCUT2D eigenvalue weighted by Crippen LogP contribution is 2.33. The van der Waals surface area contributed by atoms with Gasteiger partial charge in [0.25, 0.3) is 0 Å². The summed E-state index contributed by atoms with van der Waals surface area (Å²) < 4.78 is 10.6. The van der Waals surface area contributed by atoms with Gasteiger partial charge >= 0.3 is 6.03 Å². The average Bonchev–Trinajstić information content (AvgIpc) is 3.16. The van der Waals surface area contributed by atoms with Gasteiger partial charge in [-0.3, -0.25) is 4.79 Å². The minimum absolute atomic E-state index is 0.0447. The summed E-state index contributed by atoms with van der Waals surface area (Å²) in [6.07, 6.45) is 4.30. The van der Waals surface area contributed by atoms with Crippen LogP contribution in [-0.2, 0) is 14.3 Å². The summed E-state index contributed by atoms with van der Waals surface area (Å²) in [6, 6.07) is 0.481. The molecule has 2 saturated heterocycles. The fourth-order valence-corrected chi connectivity index (χ4v) is 4.71. The van der Waals surface area contributed by atoms with Gasteiger partial charge in [0.05, 0.1) is 31.9 Å². The molecule has 3 atom stereocenters. The highest BCUT2D eigenvalue weighted by molar-refractivity contribution is 8.00. The third kappa shape index (κ3) is 7.69. The number of unbranched alkanes of at least 4 members (excludes halogenated alkanes) is 1. The number of carbonyl (C=O) groups excluding carboxylic acids is 2. The van der Waals surface area contributed by atoms with Crippen molar-refractivity contribution in [3.63, 3.8) is 0 Å². The summed E-state index contributed by atoms with van der Waals surface area (Å²) in [6.45, 7) is 3.47. The first-order chi connectivity index (χ1) is 12.7. The molecule has 0 aliphatic carbocycles. The van der Waals surface area contributed by atoms with Crippen molar-refractivity contribution in [2.45, 2.75) is 49.4 Å². The van der Waals surface area contributed by atoms with Gasteiger partial charge in [-0.2, -0.15) is 11.8 Å². The standard InChI is InChI=1S/C17H32N4O4S/c18-6-9-25-11-10-24-8-3-7-19-15(22)5-2-1-4-14-16-13(12-26-14)20-17(23)21-16/h13-14,16H,1-12,18H2,(H,19,22)(H2,20,21,23). The summed E-state index contributed by atoms with van der Waals surface area (Å²) in [5.41, 5.74) is 5.31. The van der Waals surface area contributed by atoms with E-state index in [2.05, 4.69) is 16.0 Å². The lowest BCUT2D eigenvalue weighted by molar-refractivity contribution is -0.121. The topological polar surface area (TPSA) is 115 Å². The van der Waals surface area contributed by atoms with Crippen LogP contribution in [0.4, 0.5) is 4.79 Å². The van der Waals surface area contributed by atoms with E-state index in [4.69, 9.17) is 15.2 Å². The number of amides is 3. The van der Waals surface area contributed by atoms with Crippen molar-refractivity contribution in [1.29, 1.82) is 0 Å². The van der Waals surface area contributed by atoms with E-state index in [1.165, 1.54) is 0 Å². The molecule has 0 radical (unpaired) electrons. The summed E-state index contributed by atoms with van der Waals surface area (Å²) in [5, 5.41) is 9.34. The van der Waals surface area contributed by atoms with Gasteiger partial charge in [-0.05, 0) is 19.3 Å². The third-order valence-electron chi connectivity index (χ3n) is 4.50. The van der Waals surface area contributed by atoms with Crippen molar-refractivity contribution in [2.75, 3.05) is 45.3 Å². The number of carbonyl (C=O) groups is 2. The lowest BCUT2D eigenvalue weighted by atomic mass is 10.0. The van der Waals surface area contributed by atoms with E-state index in [-0.39, 0.29) is 24.0 Å². The van der Waals surface area contributed by atoms with E-state index in [9.17, 15) is 9.59 Å². The molecule has 0 aromatic heterocycles. The quantitative estimate of drug-likeness (QED) is 0.250. The molecular weight excluding hydrogens is 356 g/mol. The number of nitrogens with two attached hydrogens (primary N) is 1. The van der Waals surface area contributed by atoms with Gasteiger partial charge in [0.1, 0.15) is 0 Å². The molecule has 0 spiro atoms. The molecule has 8 nitrogen and oxygen atoms in total. The minimum atomic E-state index is -0.0447. The van der Waals surface area contributed by atoms with Crippen molar-refractivity contribution in [3.05, 3.63) is 0 Å². The molecule has 3 amide bonds. The Hall–Kier alpha value is -1.03. The zero-order valence-electron chi connectivity index (χ0n) is 15.3. The third-order valence-corrected chi connectivity index (χ3v) is 6.01. The van der Waals surface area contributed by atoms with Crippen LogP contribution in [0.2, 0.25) is 0 Å². The second-order valence-electron chi connectivity index (χ2n) is 6.58. The monoisotopic (exact) mass is 388 g/mol. The number of thioether (sulfide) groups is 1. The van der Waals surface area contributed by atoms with E-state index in [0.717, 1.165) is 31.4 Å². The minimum Gasteiger partial charge on any atom is -0.379 e. The number of urea groups is 1. The Morgan fingerprint density at radius 3 is 2.77 bits per heavy atom. The molecule has 0 saturated carbocycles. The molecular formula is C17H32N4O4S. The van der Waals surface area contributed by atoms with Gasteiger partial charge in [0, 0.05) is 37.1 Å². The van der Waals surface area contributed by atoms with Crippen molar-refractivity contribution in [3.8, 4) is 0 Å². The van der Waals surface area contributed by atoms with Crippen LogP contribution in [0.1, 0.15) is 32.1 Å². The van der Waals surface area contributed by atoms with Gasteiger partial charge in [-0.1, -0.05) is 6.42 Å². The lowest BCUT2D eigenvalue weighted by Gasteiger charge is -2.16. The average molecular weight is 389 g/mol. The molecule has 2 fully saturated rings. The van der Waals surface area contributed by atoms with Gasteiger partial charge in [-0.15, -0.1) is 0 Å².